The van der Waals surface area contributed by atoms with Crippen LogP contribution in [0.5, 0.6) is 0 Å². The smallest absolute Gasteiger partial charge is 0.310 e. The van der Waals surface area contributed by atoms with E-state index in [0.29, 0.717) is 21.8 Å². The molecule has 0 bridgehead atoms. The number of fused-ring (bicyclic) bond motifs is 2. The van der Waals surface area contributed by atoms with Crippen LogP contribution in [0.1, 0.15) is 38.8 Å². The van der Waals surface area contributed by atoms with Gasteiger partial charge in [0.1, 0.15) is 4.21 Å². The zero-order chi connectivity index (χ0) is 29.9. The number of benzene rings is 4. The molecule has 0 fully saturated rings. The minimum absolute atomic E-state index is 0. The number of carbonyl (C=O) groups is 2. The number of nitrogens with zero attached hydrogens (tertiary/aromatic N) is 1. The van der Waals surface area contributed by atoms with E-state index in [0.717, 1.165) is 19.9 Å². The van der Waals surface area contributed by atoms with Gasteiger partial charge >= 0.3 is 5.97 Å². The number of esters is 1. The Bertz CT molecular complexity index is 1920. The Morgan fingerprint density at radius 1 is 0.864 bits per heavy atom. The first-order chi connectivity index (χ1) is 20.9. The summed E-state index contributed by atoms with van der Waals surface area (Å²) < 4.78 is 9.28. The third-order valence-electron chi connectivity index (χ3n) is 7.37. The number of halogens is 2. The van der Waals surface area contributed by atoms with Crippen molar-refractivity contribution in [1.29, 1.82) is 0 Å². The fourth-order valence-corrected chi connectivity index (χ4v) is 8.17. The third kappa shape index (κ3) is 6.78. The van der Waals surface area contributed by atoms with Crippen molar-refractivity contribution in [2.75, 3.05) is 6.61 Å². The summed E-state index contributed by atoms with van der Waals surface area (Å²) in [5, 5.41) is 4.83. The van der Waals surface area contributed by atoms with Gasteiger partial charge < -0.3 is 28.7 Å². The maximum Gasteiger partial charge on any atom is 0.310 e. The maximum atomic E-state index is 14.0. The van der Waals surface area contributed by atoms with Crippen molar-refractivity contribution >= 4 is 72.3 Å². The van der Waals surface area contributed by atoms with E-state index in [1.54, 1.807) is 18.7 Å². The molecule has 44 heavy (non-hydrogen) atoms. The van der Waals surface area contributed by atoms with Crippen LogP contribution in [0.4, 0.5) is 0 Å². The fourth-order valence-electron chi connectivity index (χ4n) is 5.28. The van der Waals surface area contributed by atoms with Gasteiger partial charge in [0.15, 0.2) is 12.4 Å². The molecule has 2 aromatic heterocycles. The molecule has 0 amide bonds. The van der Waals surface area contributed by atoms with Crippen LogP contribution in [-0.2, 0) is 21.7 Å². The fraction of sp³-hybridized carbons (Fsp3) is 0.139. The second-order valence-electron chi connectivity index (χ2n) is 10.2. The molecule has 4 aromatic carbocycles. The zero-order valence-corrected chi connectivity index (χ0v) is 29.6. The molecule has 0 saturated heterocycles. The molecule has 0 saturated carbocycles. The van der Waals surface area contributed by atoms with Gasteiger partial charge in [-0.2, -0.15) is 4.57 Å². The van der Waals surface area contributed by atoms with Gasteiger partial charge in [-0.25, -0.2) is 0 Å². The molecule has 2 heterocycles. The lowest BCUT2D eigenvalue weighted by Crippen LogP contribution is -3.00. The molecule has 6 rings (SSSR count). The van der Waals surface area contributed by atoms with E-state index < -0.39 is 0 Å². The number of aryl methyl sites for hydroxylation is 1. The second kappa shape index (κ2) is 14.4. The van der Waals surface area contributed by atoms with Crippen LogP contribution in [0.25, 0.3) is 27.2 Å². The van der Waals surface area contributed by atoms with Gasteiger partial charge in [0.25, 0.3) is 0 Å². The third-order valence-corrected chi connectivity index (χ3v) is 10.4. The Morgan fingerprint density at radius 3 is 2.09 bits per heavy atom. The highest BCUT2D eigenvalue weighted by Gasteiger charge is 2.32. The summed E-state index contributed by atoms with van der Waals surface area (Å²) in [5.41, 5.74) is 4.50. The van der Waals surface area contributed by atoms with Gasteiger partial charge in [-0.15, -0.1) is 23.1 Å². The number of carbonyl (C=O) groups excluding carboxylic acids is 2. The predicted octanol–water partition coefficient (Wildman–Crippen LogP) is 6.04. The van der Waals surface area contributed by atoms with E-state index in [4.69, 9.17) is 4.74 Å². The molecule has 8 heteroatoms. The average molecular weight is 795 g/mol. The van der Waals surface area contributed by atoms with Crippen molar-refractivity contribution in [3.63, 3.8) is 0 Å². The quantitative estimate of drug-likeness (QED) is 0.0448. The highest BCUT2D eigenvalue weighted by Crippen LogP contribution is 2.42. The first-order valence-electron chi connectivity index (χ1n) is 14.0. The van der Waals surface area contributed by atoms with Crippen LogP contribution in [0.3, 0.4) is 0 Å². The standard InChI is InChI=1S/C36H29BrNO3S2.HI/c1-3-41-32(39)21-30-33(38-18-16-23(2)17-19-38)36(43-35(30)34(40)24-12-14-27(37)15-13-24)42-22-31-28-10-6-4-8-25(28)20-26-9-5-7-11-29(26)31;/h4-20H,3,21-22H2,1-2H3;1H/q+1;/p-1. The lowest BCUT2D eigenvalue weighted by molar-refractivity contribution is -0.598. The Hall–Kier alpha value is -3.05. The Balaban J connectivity index is 0.00000384. The minimum atomic E-state index is -0.351. The highest BCUT2D eigenvalue weighted by molar-refractivity contribution is 9.10. The van der Waals surface area contributed by atoms with Crippen LogP contribution in [0, 0.1) is 6.92 Å². The molecule has 0 aliphatic heterocycles. The SMILES string of the molecule is CCOC(=O)Cc1c(C(=O)c2ccc(Br)cc2)sc(SCc2c3ccccc3cc3ccccc23)c1-[n+]1ccc(C)cc1.[I-]. The molecule has 222 valence electrons. The molecule has 4 nitrogen and oxygen atoms in total. The number of rotatable bonds is 9. The van der Waals surface area contributed by atoms with E-state index in [1.807, 2.05) is 60.3 Å². The molecule has 0 atom stereocenters. The van der Waals surface area contributed by atoms with E-state index in [-0.39, 0.29) is 48.8 Å². The van der Waals surface area contributed by atoms with Crippen LogP contribution in [0.15, 0.2) is 112 Å². The molecule has 0 aliphatic rings. The van der Waals surface area contributed by atoms with Crippen LogP contribution >= 0.6 is 39.0 Å². The van der Waals surface area contributed by atoms with Crippen molar-refractivity contribution in [2.45, 2.75) is 30.2 Å². The van der Waals surface area contributed by atoms with E-state index >= 15 is 0 Å². The van der Waals surface area contributed by atoms with Gasteiger partial charge in [-0.3, -0.25) is 9.59 Å². The largest absolute Gasteiger partial charge is 1.00 e. The number of thiophene rings is 1. The Labute approximate surface area is 290 Å². The summed E-state index contributed by atoms with van der Waals surface area (Å²) in [6.45, 7) is 4.12. The molecule has 0 radical (unpaired) electrons. The summed E-state index contributed by atoms with van der Waals surface area (Å²) in [4.78, 5) is 27.5. The van der Waals surface area contributed by atoms with Crippen LogP contribution in [-0.4, -0.2) is 18.4 Å². The lowest BCUT2D eigenvalue weighted by Gasteiger charge is -2.11. The Kier molecular flexibility index (Phi) is 10.6. The van der Waals surface area contributed by atoms with Gasteiger partial charge in [-0.05, 0) is 76.9 Å². The lowest BCUT2D eigenvalue weighted by atomic mass is 9.98. The number of hydrogen-bond acceptors (Lipinski definition) is 5. The number of ketones is 1. The first kappa shape index (κ1) is 32.3. The van der Waals surface area contributed by atoms with Crippen molar-refractivity contribution in [2.24, 2.45) is 0 Å². The van der Waals surface area contributed by atoms with Crippen LogP contribution < -0.4 is 28.5 Å². The van der Waals surface area contributed by atoms with Crippen molar-refractivity contribution in [3.8, 4) is 5.69 Å². The molecular formula is C36H29BrINO3S2. The summed E-state index contributed by atoms with van der Waals surface area (Å²) in [7, 11) is 0. The summed E-state index contributed by atoms with van der Waals surface area (Å²) in [6, 6.07) is 30.6. The molecular weight excluding hydrogens is 765 g/mol. The second-order valence-corrected chi connectivity index (χ2v) is 13.4. The van der Waals surface area contributed by atoms with Gasteiger partial charge in [0.05, 0.1) is 23.5 Å². The number of thioether (sulfide) groups is 1. The van der Waals surface area contributed by atoms with Crippen molar-refractivity contribution < 1.29 is 42.9 Å². The molecule has 0 unspecified atom stereocenters. The number of hydrogen-bond donors (Lipinski definition) is 0. The van der Waals surface area contributed by atoms with E-state index in [9.17, 15) is 9.59 Å². The molecule has 0 N–H and O–H groups in total. The number of aromatic nitrogens is 1. The normalized spacial score (nSPS) is 11.0. The predicted molar refractivity (Wildman–Crippen MR) is 180 cm³/mol. The zero-order valence-electron chi connectivity index (χ0n) is 24.2. The number of pyridine rings is 1. The highest BCUT2D eigenvalue weighted by atomic mass is 127. The van der Waals surface area contributed by atoms with Gasteiger partial charge in [0, 0.05) is 27.9 Å². The van der Waals surface area contributed by atoms with Gasteiger partial charge in [-0.1, -0.05) is 64.5 Å². The van der Waals surface area contributed by atoms with E-state index in [1.165, 1.54) is 38.4 Å². The maximum absolute atomic E-state index is 14.0. The Morgan fingerprint density at radius 2 is 1.48 bits per heavy atom. The van der Waals surface area contributed by atoms with Gasteiger partial charge in [0.2, 0.25) is 11.5 Å². The summed E-state index contributed by atoms with van der Waals surface area (Å²) in [6.07, 6.45) is 4.00. The van der Waals surface area contributed by atoms with Crippen molar-refractivity contribution in [3.05, 3.63) is 135 Å². The summed E-state index contributed by atoms with van der Waals surface area (Å²) >= 11 is 6.63. The molecule has 0 spiro atoms. The molecule has 6 aromatic rings. The summed E-state index contributed by atoms with van der Waals surface area (Å²) in [5.74, 6) is 0.246. The average Bonchev–Trinajstić information content (AvgIpc) is 3.37. The van der Waals surface area contributed by atoms with E-state index in [2.05, 4.69) is 70.5 Å². The monoisotopic (exact) mass is 793 g/mol. The molecule has 0 aliphatic carbocycles. The minimum Gasteiger partial charge on any atom is -1.00 e. The van der Waals surface area contributed by atoms with Crippen LogP contribution in [0.2, 0.25) is 0 Å². The first-order valence-corrected chi connectivity index (χ1v) is 16.6. The number of ether oxygens (including phenoxy) is 1. The van der Waals surface area contributed by atoms with Crippen molar-refractivity contribution in [1.82, 2.24) is 0 Å². The topological polar surface area (TPSA) is 47.3 Å².